The molecule has 144 valence electrons. The molecule has 0 aromatic heterocycles. The zero-order valence-corrected chi connectivity index (χ0v) is 20.8. The maximum absolute atomic E-state index is 12.0. The summed E-state index contributed by atoms with van der Waals surface area (Å²) in [6.45, 7) is 6.25. The Kier molecular flexibility index (Phi) is 15.8. The first-order chi connectivity index (χ1) is 11.5. The van der Waals surface area contributed by atoms with Gasteiger partial charge in [0.15, 0.2) is 0 Å². The molecule has 8 heteroatoms. The first-order valence-electron chi connectivity index (χ1n) is 7.81. The predicted octanol–water partition coefficient (Wildman–Crippen LogP) is 5.78. The molecular weight excluding hydrogens is 637 g/mol. The van der Waals surface area contributed by atoms with Gasteiger partial charge in [-0.3, -0.25) is 4.79 Å². The van der Waals surface area contributed by atoms with Crippen LogP contribution in [-0.4, -0.2) is 18.4 Å². The quantitative estimate of drug-likeness (QED) is 0.284. The first-order valence-corrected chi connectivity index (χ1v) is 8.60. The van der Waals surface area contributed by atoms with Crippen molar-refractivity contribution < 1.29 is 53.9 Å². The Morgan fingerprint density at radius 2 is 1.77 bits per heavy atom. The van der Waals surface area contributed by atoms with E-state index in [1.165, 1.54) is 5.92 Å². The zero-order chi connectivity index (χ0) is 19.5. The summed E-state index contributed by atoms with van der Waals surface area (Å²) < 4.78 is 36.6. The predicted molar refractivity (Wildman–Crippen MR) is 97.0 cm³/mol. The number of benzene rings is 1. The van der Waals surface area contributed by atoms with Crippen molar-refractivity contribution in [2.24, 2.45) is 0 Å². The van der Waals surface area contributed by atoms with Crippen LogP contribution in [0.15, 0.2) is 22.7 Å². The molecule has 0 atom stereocenters. The van der Waals surface area contributed by atoms with Crippen molar-refractivity contribution in [3.63, 3.8) is 0 Å². The topological polar surface area (TPSA) is 46.2 Å². The number of hydrogen-bond donors (Lipinski definition) is 1. The van der Waals surface area contributed by atoms with Crippen molar-refractivity contribution >= 4 is 33.8 Å². The molecular formula is C18H23BrF3NO2U. The van der Waals surface area contributed by atoms with Crippen LogP contribution in [0.1, 0.15) is 52.0 Å². The number of alkyl halides is 3. The van der Waals surface area contributed by atoms with Crippen LogP contribution < -0.4 is 5.32 Å². The fourth-order valence-electron chi connectivity index (χ4n) is 1.82. The van der Waals surface area contributed by atoms with E-state index in [4.69, 9.17) is 0 Å². The molecule has 0 spiro atoms. The summed E-state index contributed by atoms with van der Waals surface area (Å²) in [5.74, 6) is 1.22. The van der Waals surface area contributed by atoms with Crippen LogP contribution in [-0.2, 0) is 16.0 Å². The Hall–Kier alpha value is -0.318. The van der Waals surface area contributed by atoms with E-state index < -0.39 is 12.6 Å². The van der Waals surface area contributed by atoms with E-state index in [2.05, 4.69) is 42.0 Å². The summed E-state index contributed by atoms with van der Waals surface area (Å²) in [5.41, 5.74) is 1.35. The fourth-order valence-corrected chi connectivity index (χ4v) is 2.36. The van der Waals surface area contributed by atoms with Gasteiger partial charge in [-0.05, 0) is 18.9 Å². The van der Waals surface area contributed by atoms with Gasteiger partial charge in [-0.25, -0.2) is 0 Å². The molecule has 0 saturated carbocycles. The molecule has 0 saturated heterocycles. The minimum Gasteiger partial charge on any atom is -0.490 e. The van der Waals surface area contributed by atoms with E-state index in [1.807, 2.05) is 0 Å². The second-order valence-corrected chi connectivity index (χ2v) is 7.00. The molecule has 0 aliphatic heterocycles. The van der Waals surface area contributed by atoms with Crippen LogP contribution in [0, 0.1) is 37.0 Å². The summed E-state index contributed by atoms with van der Waals surface area (Å²) >= 11 is 3.27. The standard InChI is InChI=1S/C14H14BrF3NO2.C4H9.U/c15-11-6-10(7-12(8-11)19-9-20)3-4-13(21)2-1-5-14(16,17)18;1-4(2)3;/h6-8H,1-5H2,(H,19,20);1-3H3;/q2*-1;+2. The van der Waals surface area contributed by atoms with E-state index >= 15 is 0 Å². The SMILES string of the molecule is C[C-](C)C.O=[C-]Nc1cc(Br)cc(CCC(=O)CCCC(F)(F)F)c1.[U+2]. The van der Waals surface area contributed by atoms with E-state index in [1.54, 1.807) is 24.6 Å². The Balaban J connectivity index is 0. The van der Waals surface area contributed by atoms with Crippen molar-refractivity contribution in [1.29, 1.82) is 0 Å². The van der Waals surface area contributed by atoms with Crippen LogP contribution in [0.5, 0.6) is 0 Å². The number of nitrogens with one attached hydrogen (secondary N) is 1. The Morgan fingerprint density at radius 1 is 1.19 bits per heavy atom. The van der Waals surface area contributed by atoms with Crippen molar-refractivity contribution in [2.45, 2.75) is 59.1 Å². The van der Waals surface area contributed by atoms with Gasteiger partial charge in [0.05, 0.1) is 6.41 Å². The van der Waals surface area contributed by atoms with Gasteiger partial charge in [0, 0.05) is 23.7 Å². The number of halogens is 4. The summed E-state index contributed by atoms with van der Waals surface area (Å²) in [5, 5.41) is 2.38. The number of ketones is 1. The minimum atomic E-state index is -4.21. The van der Waals surface area contributed by atoms with Gasteiger partial charge in [0.1, 0.15) is 5.78 Å². The number of hydrogen-bond acceptors (Lipinski definition) is 2. The minimum absolute atomic E-state index is 0. The Labute approximate surface area is 185 Å². The maximum Gasteiger partial charge on any atom is 2.00 e. The molecule has 1 N–H and O–H groups in total. The van der Waals surface area contributed by atoms with Crippen LogP contribution >= 0.6 is 15.9 Å². The van der Waals surface area contributed by atoms with Crippen LogP contribution in [0.2, 0.25) is 0 Å². The average molecular weight is 660 g/mol. The molecule has 0 heterocycles. The van der Waals surface area contributed by atoms with Gasteiger partial charge in [0.2, 0.25) is 0 Å². The molecule has 0 unspecified atom stereocenters. The van der Waals surface area contributed by atoms with Crippen LogP contribution in [0.4, 0.5) is 18.9 Å². The van der Waals surface area contributed by atoms with Gasteiger partial charge in [0.25, 0.3) is 0 Å². The number of rotatable bonds is 8. The van der Waals surface area contributed by atoms with Gasteiger partial charge >= 0.3 is 37.3 Å². The largest absolute Gasteiger partial charge is 2.00 e. The summed E-state index contributed by atoms with van der Waals surface area (Å²) in [7, 11) is 0. The Bertz CT molecular complexity index is 549. The van der Waals surface area contributed by atoms with Crippen LogP contribution in [0.25, 0.3) is 0 Å². The van der Waals surface area contributed by atoms with E-state index in [9.17, 15) is 22.8 Å². The number of anilines is 1. The molecule has 1 aromatic rings. The zero-order valence-electron chi connectivity index (χ0n) is 15.1. The third-order valence-electron chi connectivity index (χ3n) is 2.76. The van der Waals surface area contributed by atoms with Gasteiger partial charge in [-0.1, -0.05) is 21.5 Å². The third-order valence-corrected chi connectivity index (χ3v) is 3.22. The smallest absolute Gasteiger partial charge is 0.490 e. The molecule has 1 amide bonds. The van der Waals surface area contributed by atoms with E-state index in [-0.39, 0.29) is 56.2 Å². The van der Waals surface area contributed by atoms with Crippen molar-refractivity contribution in [3.05, 3.63) is 34.2 Å². The summed E-state index contributed by atoms with van der Waals surface area (Å²) in [6, 6.07) is 5.16. The van der Waals surface area contributed by atoms with Crippen molar-refractivity contribution in [1.82, 2.24) is 0 Å². The fraction of sp³-hybridized carbons (Fsp3) is 0.500. The molecule has 0 bridgehead atoms. The maximum atomic E-state index is 12.0. The molecule has 26 heavy (non-hydrogen) atoms. The monoisotopic (exact) mass is 659 g/mol. The second kappa shape index (κ2) is 14.7. The molecule has 1 aromatic carbocycles. The number of amides is 1. The number of carbonyl (C=O) groups is 1. The molecule has 1 rings (SSSR count). The summed E-state index contributed by atoms with van der Waals surface area (Å²) in [4.78, 5) is 21.8. The molecule has 0 aliphatic carbocycles. The first kappa shape index (κ1) is 27.9. The molecule has 0 fully saturated rings. The summed E-state index contributed by atoms with van der Waals surface area (Å²) in [6.07, 6.45) is -3.24. The molecule has 0 aliphatic rings. The average Bonchev–Trinajstić information content (AvgIpc) is 2.43. The normalized spacial score (nSPS) is 10.5. The number of carbonyl (C=O) groups excluding carboxylic acids is 2. The third kappa shape index (κ3) is 17.1. The Morgan fingerprint density at radius 3 is 2.27 bits per heavy atom. The van der Waals surface area contributed by atoms with Crippen molar-refractivity contribution in [2.75, 3.05) is 5.32 Å². The second-order valence-electron chi connectivity index (χ2n) is 6.08. The van der Waals surface area contributed by atoms with Gasteiger partial charge < -0.3 is 16.0 Å². The van der Waals surface area contributed by atoms with E-state index in [0.717, 1.165) is 10.0 Å². The number of Topliss-reactive ketones (excluding diaryl/α,β-unsaturated/α-hetero) is 1. The molecule has 0 radical (unpaired) electrons. The van der Waals surface area contributed by atoms with Crippen molar-refractivity contribution in [3.8, 4) is 0 Å². The van der Waals surface area contributed by atoms with E-state index in [0.29, 0.717) is 12.1 Å². The van der Waals surface area contributed by atoms with Crippen LogP contribution in [0.3, 0.4) is 0 Å². The number of aryl methyl sites for hydroxylation is 1. The van der Waals surface area contributed by atoms with Gasteiger partial charge in [-0.2, -0.15) is 33.9 Å². The molecule has 3 nitrogen and oxygen atoms in total. The van der Waals surface area contributed by atoms with Gasteiger partial charge in [-0.15, -0.1) is 17.8 Å².